The standard InChI is InChI=1S/C21H27N5O2/c1-15(27)25-12-9-17(14-25)19-18-8-5-10-22-20(18)26(24-19)13-11-23-21(28)16-6-3-2-4-7-16/h2-3,5,8,10,16-17H,4,6-7,9,11-14H2,1H3,(H,23,28)/t16-,17-/m0/s1. The summed E-state index contributed by atoms with van der Waals surface area (Å²) in [5.74, 6) is 0.566. The van der Waals surface area contributed by atoms with Crippen LogP contribution in [0.4, 0.5) is 0 Å². The number of pyridine rings is 1. The van der Waals surface area contributed by atoms with Gasteiger partial charge in [-0.2, -0.15) is 5.10 Å². The molecule has 0 bridgehead atoms. The van der Waals surface area contributed by atoms with Crippen LogP contribution in [0.5, 0.6) is 0 Å². The van der Waals surface area contributed by atoms with E-state index in [0.717, 1.165) is 49.0 Å². The van der Waals surface area contributed by atoms with Gasteiger partial charge in [0.15, 0.2) is 5.65 Å². The van der Waals surface area contributed by atoms with E-state index in [-0.39, 0.29) is 23.7 Å². The van der Waals surface area contributed by atoms with Gasteiger partial charge in [0, 0.05) is 50.0 Å². The van der Waals surface area contributed by atoms with Gasteiger partial charge < -0.3 is 10.2 Å². The molecule has 0 saturated carbocycles. The summed E-state index contributed by atoms with van der Waals surface area (Å²) in [5, 5.41) is 8.92. The van der Waals surface area contributed by atoms with Crippen LogP contribution >= 0.6 is 0 Å². The molecule has 3 heterocycles. The molecular weight excluding hydrogens is 354 g/mol. The number of amides is 2. The van der Waals surface area contributed by atoms with E-state index in [0.29, 0.717) is 19.6 Å². The summed E-state index contributed by atoms with van der Waals surface area (Å²) in [6, 6.07) is 3.97. The topological polar surface area (TPSA) is 80.1 Å². The predicted molar refractivity (Wildman–Crippen MR) is 107 cm³/mol. The highest BCUT2D eigenvalue weighted by Gasteiger charge is 2.29. The minimum absolute atomic E-state index is 0.0871. The Balaban J connectivity index is 1.45. The summed E-state index contributed by atoms with van der Waals surface area (Å²) in [6.45, 7) is 4.23. The number of rotatable bonds is 5. The molecule has 1 fully saturated rings. The average Bonchev–Trinajstić information content (AvgIpc) is 3.34. The van der Waals surface area contributed by atoms with Crippen molar-refractivity contribution in [2.75, 3.05) is 19.6 Å². The zero-order valence-electron chi connectivity index (χ0n) is 16.3. The van der Waals surface area contributed by atoms with Crippen LogP contribution in [0.1, 0.15) is 44.2 Å². The van der Waals surface area contributed by atoms with Gasteiger partial charge >= 0.3 is 0 Å². The highest BCUT2D eigenvalue weighted by molar-refractivity contribution is 5.80. The van der Waals surface area contributed by atoms with Crippen molar-refractivity contribution < 1.29 is 9.59 Å². The van der Waals surface area contributed by atoms with Crippen molar-refractivity contribution in [3.05, 3.63) is 36.2 Å². The number of hydrogen-bond donors (Lipinski definition) is 1. The summed E-state index contributed by atoms with van der Waals surface area (Å²) in [7, 11) is 0. The Kier molecular flexibility index (Phi) is 5.41. The number of fused-ring (bicyclic) bond motifs is 1. The van der Waals surface area contributed by atoms with Crippen molar-refractivity contribution >= 4 is 22.8 Å². The molecule has 1 aliphatic heterocycles. The van der Waals surface area contributed by atoms with Gasteiger partial charge in [-0.1, -0.05) is 12.2 Å². The molecule has 0 radical (unpaired) electrons. The van der Waals surface area contributed by atoms with Gasteiger partial charge in [0.1, 0.15) is 0 Å². The van der Waals surface area contributed by atoms with Gasteiger partial charge in [-0.25, -0.2) is 9.67 Å². The van der Waals surface area contributed by atoms with E-state index in [1.54, 1.807) is 13.1 Å². The monoisotopic (exact) mass is 381 g/mol. The third kappa shape index (κ3) is 3.79. The molecule has 1 aliphatic carbocycles. The average molecular weight is 381 g/mol. The van der Waals surface area contributed by atoms with Crippen molar-refractivity contribution in [1.29, 1.82) is 0 Å². The first-order chi connectivity index (χ1) is 13.6. The minimum atomic E-state index is 0.0871. The molecule has 2 aliphatic rings. The lowest BCUT2D eigenvalue weighted by Gasteiger charge is -2.17. The molecule has 7 heteroatoms. The summed E-state index contributed by atoms with van der Waals surface area (Å²) in [5.41, 5.74) is 1.85. The van der Waals surface area contributed by atoms with Crippen LogP contribution in [-0.2, 0) is 16.1 Å². The van der Waals surface area contributed by atoms with E-state index in [1.165, 1.54) is 0 Å². The molecule has 0 spiro atoms. The molecule has 1 N–H and O–H groups in total. The number of carbonyl (C=O) groups is 2. The van der Waals surface area contributed by atoms with E-state index < -0.39 is 0 Å². The van der Waals surface area contributed by atoms with Gasteiger partial charge in [0.2, 0.25) is 11.8 Å². The molecule has 2 aromatic heterocycles. The molecule has 1 saturated heterocycles. The first-order valence-corrected chi connectivity index (χ1v) is 10.1. The number of hydrogen-bond acceptors (Lipinski definition) is 4. The van der Waals surface area contributed by atoms with E-state index in [9.17, 15) is 9.59 Å². The highest BCUT2D eigenvalue weighted by atomic mass is 16.2. The lowest BCUT2D eigenvalue weighted by Crippen LogP contribution is -2.33. The van der Waals surface area contributed by atoms with Crippen LogP contribution in [0, 0.1) is 5.92 Å². The first kappa shape index (κ1) is 18.7. The fraction of sp³-hybridized carbons (Fsp3) is 0.524. The second kappa shape index (κ2) is 8.12. The van der Waals surface area contributed by atoms with Crippen molar-refractivity contribution in [3.63, 3.8) is 0 Å². The molecule has 0 unspecified atom stereocenters. The number of nitrogens with zero attached hydrogens (tertiary/aromatic N) is 4. The summed E-state index contributed by atoms with van der Waals surface area (Å²) < 4.78 is 1.89. The lowest BCUT2D eigenvalue weighted by atomic mass is 9.94. The molecule has 0 aromatic carbocycles. The quantitative estimate of drug-likeness (QED) is 0.806. The number of nitrogens with one attached hydrogen (secondary N) is 1. The Bertz CT molecular complexity index is 903. The maximum Gasteiger partial charge on any atom is 0.223 e. The molecule has 28 heavy (non-hydrogen) atoms. The molecular formula is C21H27N5O2. The number of likely N-dealkylation sites (tertiary alicyclic amines) is 1. The summed E-state index contributed by atoms with van der Waals surface area (Å²) in [6.07, 6.45) is 9.66. The fourth-order valence-electron chi connectivity index (χ4n) is 4.22. The van der Waals surface area contributed by atoms with Crippen molar-refractivity contribution in [2.45, 2.75) is 45.1 Å². The minimum Gasteiger partial charge on any atom is -0.354 e. The van der Waals surface area contributed by atoms with Gasteiger partial charge in [-0.15, -0.1) is 0 Å². The Morgan fingerprint density at radius 3 is 2.93 bits per heavy atom. The first-order valence-electron chi connectivity index (χ1n) is 10.1. The van der Waals surface area contributed by atoms with Crippen molar-refractivity contribution in [2.24, 2.45) is 5.92 Å². The van der Waals surface area contributed by atoms with Crippen molar-refractivity contribution in [1.82, 2.24) is 25.0 Å². The number of carbonyl (C=O) groups excluding carboxylic acids is 2. The van der Waals surface area contributed by atoms with Crippen LogP contribution in [-0.4, -0.2) is 51.1 Å². The maximum absolute atomic E-state index is 12.3. The Labute approximate surface area is 164 Å². The van der Waals surface area contributed by atoms with E-state index in [2.05, 4.69) is 22.5 Å². The van der Waals surface area contributed by atoms with Crippen LogP contribution in [0.3, 0.4) is 0 Å². The molecule has 2 atom stereocenters. The highest BCUT2D eigenvalue weighted by Crippen LogP contribution is 2.31. The fourth-order valence-corrected chi connectivity index (χ4v) is 4.22. The Morgan fingerprint density at radius 2 is 2.18 bits per heavy atom. The van der Waals surface area contributed by atoms with E-state index in [1.807, 2.05) is 21.7 Å². The van der Waals surface area contributed by atoms with Crippen LogP contribution in [0.2, 0.25) is 0 Å². The largest absolute Gasteiger partial charge is 0.354 e. The van der Waals surface area contributed by atoms with Gasteiger partial charge in [0.05, 0.1) is 12.2 Å². The third-order valence-corrected chi connectivity index (χ3v) is 5.82. The summed E-state index contributed by atoms with van der Waals surface area (Å²) in [4.78, 5) is 30.4. The number of aromatic nitrogens is 3. The SMILES string of the molecule is CC(=O)N1CC[C@H](c2nn(CCNC(=O)[C@H]3CC=CCC3)c3ncccc23)C1. The van der Waals surface area contributed by atoms with Crippen molar-refractivity contribution in [3.8, 4) is 0 Å². The Morgan fingerprint density at radius 1 is 1.29 bits per heavy atom. The molecule has 4 rings (SSSR count). The van der Waals surface area contributed by atoms with Gasteiger partial charge in [-0.3, -0.25) is 9.59 Å². The van der Waals surface area contributed by atoms with Gasteiger partial charge in [-0.05, 0) is 37.8 Å². The number of allylic oxidation sites excluding steroid dienone is 2. The molecule has 2 amide bonds. The Hall–Kier alpha value is -2.70. The second-order valence-electron chi connectivity index (χ2n) is 7.71. The predicted octanol–water partition coefficient (Wildman–Crippen LogP) is 2.24. The molecule has 2 aromatic rings. The zero-order valence-corrected chi connectivity index (χ0v) is 16.3. The van der Waals surface area contributed by atoms with Crippen LogP contribution in [0.15, 0.2) is 30.5 Å². The van der Waals surface area contributed by atoms with Crippen LogP contribution < -0.4 is 5.32 Å². The second-order valence-corrected chi connectivity index (χ2v) is 7.71. The zero-order chi connectivity index (χ0) is 19.5. The van der Waals surface area contributed by atoms with Crippen LogP contribution in [0.25, 0.3) is 11.0 Å². The normalized spacial score (nSPS) is 22.0. The summed E-state index contributed by atoms with van der Waals surface area (Å²) >= 11 is 0. The maximum atomic E-state index is 12.3. The molecule has 148 valence electrons. The molecule has 7 nitrogen and oxygen atoms in total. The van der Waals surface area contributed by atoms with E-state index >= 15 is 0 Å². The lowest BCUT2D eigenvalue weighted by molar-refractivity contribution is -0.128. The third-order valence-electron chi connectivity index (χ3n) is 5.82. The smallest absolute Gasteiger partial charge is 0.223 e. The van der Waals surface area contributed by atoms with E-state index in [4.69, 9.17) is 5.10 Å². The van der Waals surface area contributed by atoms with Gasteiger partial charge in [0.25, 0.3) is 0 Å².